The van der Waals surface area contributed by atoms with E-state index in [1.54, 1.807) is 0 Å². The van der Waals surface area contributed by atoms with Gasteiger partial charge in [0.2, 0.25) is 0 Å². The Balaban J connectivity index is 2.94. The maximum absolute atomic E-state index is 12.4. The molecule has 0 aliphatic carbocycles. The zero-order chi connectivity index (χ0) is 12.4. The Labute approximate surface area is 101 Å². The average Bonchev–Trinajstić information content (AvgIpc) is 2.15. The third-order valence-corrected chi connectivity index (χ3v) is 3.67. The summed E-state index contributed by atoms with van der Waals surface area (Å²) >= 11 is 10.0. The molecule has 0 saturated carbocycles. The molecule has 0 aromatic heterocycles. The summed E-state index contributed by atoms with van der Waals surface area (Å²) in [4.78, 5) is 0. The van der Waals surface area contributed by atoms with Crippen molar-refractivity contribution in [3.05, 3.63) is 40.3 Å². The molecule has 0 bridgehead atoms. The van der Waals surface area contributed by atoms with Gasteiger partial charge in [-0.15, -0.1) is 0 Å². The minimum atomic E-state index is -4.79. The van der Waals surface area contributed by atoms with Crippen molar-refractivity contribution in [2.45, 2.75) is 4.71 Å². The van der Waals surface area contributed by atoms with Crippen molar-refractivity contribution in [1.82, 2.24) is 0 Å². The monoisotopic (exact) mass is 286 g/mol. The average molecular weight is 287 g/mol. The summed E-state index contributed by atoms with van der Waals surface area (Å²) < 4.78 is 42.2. The van der Waals surface area contributed by atoms with Crippen LogP contribution < -0.4 is 0 Å². The number of halogens is 4. The van der Waals surface area contributed by atoms with E-state index in [1.807, 2.05) is 0 Å². The minimum Gasteiger partial charge on any atom is -0.217 e. The van der Waals surface area contributed by atoms with E-state index in [4.69, 9.17) is 11.6 Å². The Morgan fingerprint density at radius 2 is 1.69 bits per heavy atom. The lowest BCUT2D eigenvalue weighted by atomic mass is 10.2. The number of sulfone groups is 1. The maximum atomic E-state index is 12.4. The molecule has 0 aliphatic rings. The summed E-state index contributed by atoms with van der Waals surface area (Å²) in [7, 11) is -4.79. The van der Waals surface area contributed by atoms with Gasteiger partial charge in [-0.2, -0.15) is 8.78 Å². The van der Waals surface area contributed by atoms with Crippen molar-refractivity contribution in [3.8, 4) is 0 Å². The highest BCUT2D eigenvalue weighted by Gasteiger charge is 2.40. The highest BCUT2D eigenvalue weighted by atomic mass is 35.5. The predicted octanol–water partition coefficient (Wildman–Crippen LogP) is 3.51. The van der Waals surface area contributed by atoms with Crippen molar-refractivity contribution >= 4 is 39.1 Å². The number of benzene rings is 1. The van der Waals surface area contributed by atoms with Crippen LogP contribution in [-0.2, 0) is 9.84 Å². The van der Waals surface area contributed by atoms with E-state index in [2.05, 4.69) is 11.6 Å². The fourth-order valence-corrected chi connectivity index (χ4v) is 1.59. The smallest absolute Gasteiger partial charge is 0.217 e. The van der Waals surface area contributed by atoms with E-state index >= 15 is 0 Å². The van der Waals surface area contributed by atoms with Crippen molar-refractivity contribution in [2.75, 3.05) is 0 Å². The Kier molecular flexibility index (Phi) is 3.93. The van der Waals surface area contributed by atoms with E-state index in [1.165, 1.54) is 24.3 Å². The van der Waals surface area contributed by atoms with E-state index in [-0.39, 0.29) is 0 Å². The summed E-state index contributed by atoms with van der Waals surface area (Å²) in [6, 6.07) is 5.99. The number of hydrogen-bond donors (Lipinski definition) is 0. The van der Waals surface area contributed by atoms with Gasteiger partial charge in [-0.3, -0.25) is 0 Å². The van der Waals surface area contributed by atoms with Crippen LogP contribution in [0.25, 0.3) is 6.08 Å². The van der Waals surface area contributed by atoms with Crippen molar-refractivity contribution in [2.24, 2.45) is 0 Å². The fourth-order valence-electron chi connectivity index (χ4n) is 0.819. The summed E-state index contributed by atoms with van der Waals surface area (Å²) in [6.07, 6.45) is 1.02. The lowest BCUT2D eigenvalue weighted by Gasteiger charge is -2.04. The number of rotatable bonds is 3. The third kappa shape index (κ3) is 3.43. The minimum absolute atomic E-state index is 0.364. The van der Waals surface area contributed by atoms with Gasteiger partial charge in [-0.25, -0.2) is 8.42 Å². The molecule has 0 fully saturated rings. The maximum Gasteiger partial charge on any atom is 0.426 e. The van der Waals surface area contributed by atoms with Gasteiger partial charge in [0.15, 0.2) is 0 Å². The Bertz CT molecular complexity index is 489. The standard InChI is InChI=1S/C9H6Cl2F2O2S/c10-8-3-1-7(2-4-8)5-6-16(14,15)9(11,12)13/h1-6H/b6-5+. The largest absolute Gasteiger partial charge is 0.426 e. The van der Waals surface area contributed by atoms with Crippen LogP contribution in [0, 0.1) is 0 Å². The van der Waals surface area contributed by atoms with E-state index in [0.717, 1.165) is 6.08 Å². The molecule has 0 saturated heterocycles. The lowest BCUT2D eigenvalue weighted by Crippen LogP contribution is -2.18. The molecule has 88 valence electrons. The summed E-state index contributed by atoms with van der Waals surface area (Å²) in [5, 5.41) is 0.825. The molecule has 0 atom stereocenters. The van der Waals surface area contributed by atoms with Gasteiger partial charge < -0.3 is 0 Å². The summed E-state index contributed by atoms with van der Waals surface area (Å²) in [6.45, 7) is 0. The van der Waals surface area contributed by atoms with E-state index in [9.17, 15) is 17.2 Å². The second-order valence-corrected chi connectivity index (χ2v) is 5.86. The van der Waals surface area contributed by atoms with Crippen molar-refractivity contribution < 1.29 is 17.2 Å². The first-order valence-electron chi connectivity index (χ1n) is 3.97. The summed E-state index contributed by atoms with van der Waals surface area (Å²) in [5.74, 6) is 0. The molecule has 0 heterocycles. The van der Waals surface area contributed by atoms with E-state index < -0.39 is 14.6 Å². The molecule has 2 nitrogen and oxygen atoms in total. The first-order chi connectivity index (χ1) is 7.22. The van der Waals surface area contributed by atoms with Gasteiger partial charge in [0.1, 0.15) is 0 Å². The first-order valence-corrected chi connectivity index (χ1v) is 6.27. The molecule has 0 radical (unpaired) electrons. The molecule has 0 unspecified atom stereocenters. The molecule has 1 aromatic carbocycles. The molecule has 0 aliphatic heterocycles. The van der Waals surface area contributed by atoms with Crippen LogP contribution in [0.3, 0.4) is 0 Å². The van der Waals surface area contributed by atoms with Crippen molar-refractivity contribution in [1.29, 1.82) is 0 Å². The van der Waals surface area contributed by atoms with Crippen LogP contribution >= 0.6 is 23.2 Å². The zero-order valence-corrected chi connectivity index (χ0v) is 10.0. The topological polar surface area (TPSA) is 34.1 Å². The molecule has 0 amide bonds. The lowest BCUT2D eigenvalue weighted by molar-refractivity contribution is 0.189. The fraction of sp³-hybridized carbons (Fsp3) is 0.111. The van der Waals surface area contributed by atoms with Gasteiger partial charge in [-0.1, -0.05) is 23.7 Å². The highest BCUT2D eigenvalue weighted by molar-refractivity contribution is 7.96. The normalized spacial score (nSPS) is 13.2. The predicted molar refractivity (Wildman–Crippen MR) is 60.2 cm³/mol. The molecular formula is C9H6Cl2F2O2S. The van der Waals surface area contributed by atoms with Crippen molar-refractivity contribution in [3.63, 3.8) is 0 Å². The molecule has 0 spiro atoms. The van der Waals surface area contributed by atoms with Crippen LogP contribution in [0.4, 0.5) is 8.78 Å². The second kappa shape index (κ2) is 4.69. The van der Waals surface area contributed by atoms with Crippen LogP contribution in [0.1, 0.15) is 5.56 Å². The Hall–Kier alpha value is -0.650. The number of alkyl halides is 3. The summed E-state index contributed by atoms with van der Waals surface area (Å²) in [5.41, 5.74) is 0.425. The molecule has 7 heteroatoms. The highest BCUT2D eigenvalue weighted by Crippen LogP contribution is 2.28. The second-order valence-electron chi connectivity index (χ2n) is 2.85. The third-order valence-electron chi connectivity index (χ3n) is 1.63. The van der Waals surface area contributed by atoms with Crippen LogP contribution in [0.5, 0.6) is 0 Å². The van der Waals surface area contributed by atoms with Crippen LogP contribution in [0.2, 0.25) is 5.02 Å². The SMILES string of the molecule is O=S(=O)(/C=C/c1ccc(Cl)cc1)C(F)(F)Cl. The van der Waals surface area contributed by atoms with Crippen LogP contribution in [0.15, 0.2) is 29.7 Å². The number of hydrogen-bond acceptors (Lipinski definition) is 2. The molecule has 1 aromatic rings. The quantitative estimate of drug-likeness (QED) is 0.797. The molecule has 1 rings (SSSR count). The molecule has 16 heavy (non-hydrogen) atoms. The van der Waals surface area contributed by atoms with Gasteiger partial charge in [0.25, 0.3) is 9.84 Å². The molecule has 0 N–H and O–H groups in total. The van der Waals surface area contributed by atoms with E-state index in [0.29, 0.717) is 16.0 Å². The Morgan fingerprint density at radius 3 is 2.12 bits per heavy atom. The van der Waals surface area contributed by atoms with Crippen LogP contribution in [-0.4, -0.2) is 13.1 Å². The van der Waals surface area contributed by atoms with Gasteiger partial charge in [0.05, 0.1) is 0 Å². The first kappa shape index (κ1) is 13.4. The zero-order valence-electron chi connectivity index (χ0n) is 7.70. The Morgan fingerprint density at radius 1 is 1.19 bits per heavy atom. The van der Waals surface area contributed by atoms with Gasteiger partial charge in [0, 0.05) is 10.4 Å². The molecular weight excluding hydrogens is 281 g/mol. The van der Waals surface area contributed by atoms with Gasteiger partial charge in [-0.05, 0) is 35.4 Å². The van der Waals surface area contributed by atoms with Gasteiger partial charge >= 0.3 is 4.71 Å².